The van der Waals surface area contributed by atoms with Crippen molar-refractivity contribution >= 4 is 23.7 Å². The van der Waals surface area contributed by atoms with Crippen LogP contribution in [0.5, 0.6) is 0 Å². The number of hydrogen-bond acceptors (Lipinski definition) is 6. The molecule has 27 heavy (non-hydrogen) atoms. The maximum absolute atomic E-state index is 11.9. The summed E-state index contributed by atoms with van der Waals surface area (Å²) in [6, 6.07) is 9.41. The van der Waals surface area contributed by atoms with E-state index in [1.54, 1.807) is 7.11 Å². The van der Waals surface area contributed by atoms with Crippen molar-refractivity contribution < 1.29 is 14.3 Å². The first-order chi connectivity index (χ1) is 13.1. The molecule has 0 atom stereocenters. The number of urea groups is 1. The molecule has 3 amide bonds. The van der Waals surface area contributed by atoms with Crippen LogP contribution in [-0.4, -0.2) is 52.7 Å². The second-order valence-electron chi connectivity index (χ2n) is 5.54. The number of ether oxygens (including phenoxy) is 1. The maximum Gasteiger partial charge on any atom is 0.321 e. The maximum atomic E-state index is 11.9. The Morgan fingerprint density at radius 1 is 1.30 bits per heavy atom. The molecule has 1 aromatic carbocycles. The van der Waals surface area contributed by atoms with Gasteiger partial charge in [0.1, 0.15) is 5.82 Å². The first-order valence-corrected chi connectivity index (χ1v) is 9.39. The van der Waals surface area contributed by atoms with E-state index in [-0.39, 0.29) is 5.75 Å². The molecular weight excluding hydrogens is 366 g/mol. The van der Waals surface area contributed by atoms with Gasteiger partial charge in [-0.3, -0.25) is 10.1 Å². The summed E-state index contributed by atoms with van der Waals surface area (Å²) in [5, 5.41) is 13.8. The number of methoxy groups -OCH3 is 1. The third kappa shape index (κ3) is 6.87. The predicted octanol–water partition coefficient (Wildman–Crippen LogP) is 1.62. The number of amides is 3. The average Bonchev–Trinajstić information content (AvgIpc) is 3.05. The first kappa shape index (κ1) is 20.7. The molecule has 144 valence electrons. The van der Waals surface area contributed by atoms with Gasteiger partial charge < -0.3 is 14.6 Å². The predicted molar refractivity (Wildman–Crippen MR) is 104 cm³/mol. The molecule has 0 aliphatic heterocycles. The normalized spacial score (nSPS) is 10.4. The fourth-order valence-electron chi connectivity index (χ4n) is 2.24. The fraction of sp³-hybridized carbons (Fsp3) is 0.333. The molecule has 1 heterocycles. The molecule has 0 saturated carbocycles. The summed E-state index contributed by atoms with van der Waals surface area (Å²) in [6.45, 7) is 4.87. The molecule has 0 spiro atoms. The quantitative estimate of drug-likeness (QED) is 0.473. The van der Waals surface area contributed by atoms with E-state index in [4.69, 9.17) is 4.74 Å². The van der Waals surface area contributed by atoms with Gasteiger partial charge in [0.2, 0.25) is 5.91 Å². The van der Waals surface area contributed by atoms with Crippen molar-refractivity contribution in [1.82, 2.24) is 25.4 Å². The van der Waals surface area contributed by atoms with Crippen LogP contribution in [0.1, 0.15) is 11.4 Å². The molecule has 0 aliphatic carbocycles. The molecule has 0 bridgehead atoms. The molecule has 0 unspecified atom stereocenters. The van der Waals surface area contributed by atoms with Gasteiger partial charge >= 0.3 is 6.03 Å². The van der Waals surface area contributed by atoms with E-state index in [1.165, 1.54) is 17.8 Å². The van der Waals surface area contributed by atoms with Gasteiger partial charge in [-0.15, -0.1) is 16.8 Å². The lowest BCUT2D eigenvalue weighted by atomic mass is 10.1. The van der Waals surface area contributed by atoms with Crippen LogP contribution in [0.25, 0.3) is 0 Å². The number of aromatic nitrogens is 3. The van der Waals surface area contributed by atoms with Gasteiger partial charge in [-0.2, -0.15) is 0 Å². The van der Waals surface area contributed by atoms with Gasteiger partial charge in [-0.25, -0.2) is 4.79 Å². The van der Waals surface area contributed by atoms with Crippen molar-refractivity contribution in [3.63, 3.8) is 0 Å². The summed E-state index contributed by atoms with van der Waals surface area (Å²) < 4.78 is 7.10. The summed E-state index contributed by atoms with van der Waals surface area (Å²) in [5.41, 5.74) is 1.12. The SMILES string of the molecule is C=CCNC(=O)NC(=O)CSc1nnc(Cc2ccccc2)n1CCOC. The molecule has 8 nitrogen and oxygen atoms in total. The van der Waals surface area contributed by atoms with Crippen molar-refractivity contribution in [2.24, 2.45) is 0 Å². The topological polar surface area (TPSA) is 98.1 Å². The number of rotatable bonds is 10. The number of hydrogen-bond donors (Lipinski definition) is 2. The zero-order valence-corrected chi connectivity index (χ0v) is 16.0. The summed E-state index contributed by atoms with van der Waals surface area (Å²) in [5.74, 6) is 0.440. The van der Waals surface area contributed by atoms with Crippen molar-refractivity contribution in [3.8, 4) is 0 Å². The number of carbonyl (C=O) groups excluding carboxylic acids is 2. The highest BCUT2D eigenvalue weighted by atomic mass is 32.2. The Labute approximate surface area is 162 Å². The van der Waals surface area contributed by atoms with Crippen LogP contribution < -0.4 is 10.6 Å². The monoisotopic (exact) mass is 389 g/mol. The molecular formula is C18H23N5O3S. The van der Waals surface area contributed by atoms with Crippen LogP contribution in [0.15, 0.2) is 48.1 Å². The summed E-state index contributed by atoms with van der Waals surface area (Å²) in [7, 11) is 1.63. The zero-order chi connectivity index (χ0) is 19.5. The Bertz CT molecular complexity index is 764. The molecule has 0 radical (unpaired) electrons. The largest absolute Gasteiger partial charge is 0.383 e. The van der Waals surface area contributed by atoms with E-state index in [1.807, 2.05) is 34.9 Å². The van der Waals surface area contributed by atoms with Crippen LogP contribution in [0.4, 0.5) is 4.79 Å². The number of carbonyl (C=O) groups is 2. The lowest BCUT2D eigenvalue weighted by Crippen LogP contribution is -2.40. The van der Waals surface area contributed by atoms with Crippen LogP contribution in [0.2, 0.25) is 0 Å². The molecule has 1 aromatic heterocycles. The Balaban J connectivity index is 1.99. The lowest BCUT2D eigenvalue weighted by molar-refractivity contribution is -0.117. The summed E-state index contributed by atoms with van der Waals surface area (Å²) >= 11 is 1.22. The molecule has 0 fully saturated rings. The lowest BCUT2D eigenvalue weighted by Gasteiger charge is -2.10. The fourth-order valence-corrected chi connectivity index (χ4v) is 3.03. The number of nitrogens with zero attached hydrogens (tertiary/aromatic N) is 3. The molecule has 0 aliphatic rings. The van der Waals surface area contributed by atoms with Crippen LogP contribution in [-0.2, 0) is 22.5 Å². The highest BCUT2D eigenvalue weighted by molar-refractivity contribution is 7.99. The standard InChI is InChI=1S/C18H23N5O3S/c1-3-9-19-17(25)20-16(24)13-27-18-22-21-15(23(18)10-11-26-2)12-14-7-5-4-6-8-14/h3-8H,1,9-13H2,2H3,(H2,19,20,24,25). The van der Waals surface area contributed by atoms with Gasteiger partial charge in [-0.1, -0.05) is 48.2 Å². The Kier molecular flexibility index (Phi) is 8.53. The third-order valence-electron chi connectivity index (χ3n) is 3.51. The summed E-state index contributed by atoms with van der Waals surface area (Å²) in [4.78, 5) is 23.4. The second-order valence-corrected chi connectivity index (χ2v) is 6.48. The van der Waals surface area contributed by atoms with Crippen LogP contribution in [0.3, 0.4) is 0 Å². The van der Waals surface area contributed by atoms with E-state index >= 15 is 0 Å². The Morgan fingerprint density at radius 2 is 2.07 bits per heavy atom. The third-order valence-corrected chi connectivity index (χ3v) is 4.48. The van der Waals surface area contributed by atoms with Crippen molar-refractivity contribution in [2.45, 2.75) is 18.1 Å². The van der Waals surface area contributed by atoms with E-state index in [0.29, 0.717) is 31.3 Å². The highest BCUT2D eigenvalue weighted by Crippen LogP contribution is 2.18. The van der Waals surface area contributed by atoms with Crippen molar-refractivity contribution in [1.29, 1.82) is 0 Å². The zero-order valence-electron chi connectivity index (χ0n) is 15.2. The number of benzene rings is 1. The Morgan fingerprint density at radius 3 is 2.78 bits per heavy atom. The number of thioether (sulfide) groups is 1. The number of nitrogens with one attached hydrogen (secondary N) is 2. The van der Waals surface area contributed by atoms with Gasteiger partial charge in [-0.05, 0) is 5.56 Å². The minimum absolute atomic E-state index is 0.0535. The van der Waals surface area contributed by atoms with E-state index in [9.17, 15) is 9.59 Å². The van der Waals surface area contributed by atoms with Gasteiger partial charge in [0.25, 0.3) is 0 Å². The second kappa shape index (κ2) is 11.1. The van der Waals surface area contributed by atoms with Gasteiger partial charge in [0.05, 0.1) is 12.4 Å². The van der Waals surface area contributed by atoms with Crippen LogP contribution >= 0.6 is 11.8 Å². The van der Waals surface area contributed by atoms with Crippen molar-refractivity contribution in [3.05, 3.63) is 54.4 Å². The van der Waals surface area contributed by atoms with E-state index in [2.05, 4.69) is 27.4 Å². The number of imide groups is 1. The smallest absolute Gasteiger partial charge is 0.321 e. The average molecular weight is 389 g/mol. The van der Waals surface area contributed by atoms with Gasteiger partial charge in [0.15, 0.2) is 5.16 Å². The van der Waals surface area contributed by atoms with Crippen molar-refractivity contribution in [2.75, 3.05) is 26.0 Å². The molecule has 2 aromatic rings. The van der Waals surface area contributed by atoms with E-state index in [0.717, 1.165) is 11.4 Å². The van der Waals surface area contributed by atoms with Gasteiger partial charge in [0, 0.05) is 26.6 Å². The van der Waals surface area contributed by atoms with E-state index < -0.39 is 11.9 Å². The minimum atomic E-state index is -0.550. The molecule has 9 heteroatoms. The highest BCUT2D eigenvalue weighted by Gasteiger charge is 2.15. The van der Waals surface area contributed by atoms with Crippen LogP contribution in [0, 0.1) is 0 Å². The molecule has 2 rings (SSSR count). The first-order valence-electron chi connectivity index (χ1n) is 8.40. The minimum Gasteiger partial charge on any atom is -0.383 e. The Hall–Kier alpha value is -2.65. The molecule has 0 saturated heterocycles. The summed E-state index contributed by atoms with van der Waals surface area (Å²) in [6.07, 6.45) is 2.17. The molecule has 2 N–H and O–H groups in total.